The Labute approximate surface area is 234 Å². The van der Waals surface area contributed by atoms with E-state index in [1.54, 1.807) is 15.9 Å². The molecule has 2 saturated heterocycles. The summed E-state index contributed by atoms with van der Waals surface area (Å²) < 4.78 is 57.7. The molecule has 0 saturated carbocycles. The summed E-state index contributed by atoms with van der Waals surface area (Å²) in [5, 5.41) is 7.86. The fraction of sp³-hybridized carbons (Fsp3) is 0.357. The van der Waals surface area contributed by atoms with Gasteiger partial charge in [0.15, 0.2) is 11.6 Å². The number of aliphatic carboxylic acids is 1. The van der Waals surface area contributed by atoms with E-state index in [0.717, 1.165) is 18.7 Å². The predicted octanol–water partition coefficient (Wildman–Crippen LogP) is 3.27. The Morgan fingerprint density at radius 3 is 2.44 bits per heavy atom. The minimum absolute atomic E-state index is 0. The maximum absolute atomic E-state index is 13.9. The molecule has 0 unspecified atom stereocenters. The van der Waals surface area contributed by atoms with Crippen molar-refractivity contribution in [3.63, 3.8) is 0 Å². The summed E-state index contributed by atoms with van der Waals surface area (Å²) in [6, 6.07) is 5.78. The van der Waals surface area contributed by atoms with Gasteiger partial charge in [0.05, 0.1) is 12.1 Å². The highest BCUT2D eigenvalue weighted by Gasteiger charge is 2.44. The van der Waals surface area contributed by atoms with Crippen LogP contribution in [0.5, 0.6) is 0 Å². The van der Waals surface area contributed by atoms with Crippen LogP contribution in [0.3, 0.4) is 0 Å². The van der Waals surface area contributed by atoms with Crippen molar-refractivity contribution < 1.29 is 46.6 Å². The molecule has 4 rings (SSSR count). The number of amides is 2. The molecule has 3 N–H and O–H groups in total. The number of likely N-dealkylation sites (tertiary alicyclic amines) is 2. The second-order valence-electron chi connectivity index (χ2n) is 9.32. The van der Waals surface area contributed by atoms with Crippen LogP contribution in [-0.4, -0.2) is 70.9 Å². The largest absolute Gasteiger partial charge is 0.478 e. The number of carbonyl (C=O) groups is 4. The SMILES string of the molecule is C.N[C@@H](CC(=O)N1CC[C@H]2CN(C(=O)c3cccc(F)c3)C[C@H]21)Cc1cc(F)c(F)cc1F.O=CO/C=C/C(=O)O. The van der Waals surface area contributed by atoms with Crippen molar-refractivity contribution in [2.45, 2.75) is 38.8 Å². The van der Waals surface area contributed by atoms with E-state index in [4.69, 9.17) is 10.8 Å². The van der Waals surface area contributed by atoms with Gasteiger partial charge in [0.25, 0.3) is 12.4 Å². The molecule has 2 heterocycles. The maximum atomic E-state index is 13.9. The molecule has 9 nitrogen and oxygen atoms in total. The average Bonchev–Trinajstić information content (AvgIpc) is 3.48. The Hall–Kier alpha value is -4.26. The minimum atomic E-state index is -1.28. The number of rotatable bonds is 8. The first-order chi connectivity index (χ1) is 19.0. The van der Waals surface area contributed by atoms with Crippen molar-refractivity contribution in [1.82, 2.24) is 9.80 Å². The summed E-state index contributed by atoms with van der Waals surface area (Å²) in [4.78, 5) is 47.8. The van der Waals surface area contributed by atoms with Crippen LogP contribution in [0, 0.1) is 29.2 Å². The number of carboxylic acids is 1. The molecule has 3 atom stereocenters. The zero-order valence-electron chi connectivity index (χ0n) is 21.1. The van der Waals surface area contributed by atoms with Crippen LogP contribution in [0.1, 0.15) is 36.2 Å². The number of benzene rings is 2. The highest BCUT2D eigenvalue weighted by molar-refractivity contribution is 5.94. The molecule has 0 aliphatic carbocycles. The average molecular weight is 582 g/mol. The van der Waals surface area contributed by atoms with Gasteiger partial charge in [0.2, 0.25) is 5.91 Å². The van der Waals surface area contributed by atoms with E-state index in [0.29, 0.717) is 31.8 Å². The van der Waals surface area contributed by atoms with E-state index in [-0.39, 0.29) is 61.6 Å². The zero-order valence-corrected chi connectivity index (χ0v) is 21.1. The standard InChI is InChI=1S/C23H23F4N3O2.C4H4O4.CH4/c24-16-3-1-2-13(6-16)23(32)29-11-14-4-5-30(21(14)12-29)22(31)9-17(28)7-15-8-19(26)20(27)10-18(15)25;5-3-8-2-1-4(6)7;/h1-3,6,8,10,14,17,21H,4-5,7,9,11-12,28H2;1-3H,(H,6,7);1H4/b;2-1+;/t14-,17+,21+;;/m0../s1. The van der Waals surface area contributed by atoms with Gasteiger partial charge < -0.3 is 25.4 Å². The molecule has 2 aliphatic rings. The molecule has 41 heavy (non-hydrogen) atoms. The van der Waals surface area contributed by atoms with Gasteiger partial charge in [-0.15, -0.1) is 0 Å². The van der Waals surface area contributed by atoms with Gasteiger partial charge in [0, 0.05) is 49.6 Å². The lowest BCUT2D eigenvalue weighted by molar-refractivity contribution is -0.133. The number of carbonyl (C=O) groups excluding carboxylic acids is 3. The molecule has 2 aliphatic heterocycles. The summed E-state index contributed by atoms with van der Waals surface area (Å²) in [6.07, 6.45) is 2.04. The second-order valence-corrected chi connectivity index (χ2v) is 9.32. The molecule has 0 aromatic heterocycles. The van der Waals surface area contributed by atoms with Gasteiger partial charge in [0.1, 0.15) is 17.9 Å². The van der Waals surface area contributed by atoms with E-state index in [1.165, 1.54) is 18.2 Å². The van der Waals surface area contributed by atoms with Crippen molar-refractivity contribution in [1.29, 1.82) is 0 Å². The van der Waals surface area contributed by atoms with E-state index >= 15 is 0 Å². The Bertz CT molecular complexity index is 1290. The Balaban J connectivity index is 0.000000574. The van der Waals surface area contributed by atoms with Gasteiger partial charge in [-0.05, 0) is 42.7 Å². The second kappa shape index (κ2) is 14.9. The number of fused-ring (bicyclic) bond motifs is 1. The first-order valence-electron chi connectivity index (χ1n) is 12.2. The fourth-order valence-electron chi connectivity index (χ4n) is 4.79. The van der Waals surface area contributed by atoms with Crippen molar-refractivity contribution in [2.75, 3.05) is 19.6 Å². The van der Waals surface area contributed by atoms with Gasteiger partial charge in [-0.25, -0.2) is 22.4 Å². The number of nitrogens with two attached hydrogens (primary N) is 1. The number of ether oxygens (including phenoxy) is 1. The molecule has 0 bridgehead atoms. The maximum Gasteiger partial charge on any atom is 0.331 e. The van der Waals surface area contributed by atoms with Crippen molar-refractivity contribution in [2.24, 2.45) is 11.7 Å². The molecule has 2 amide bonds. The summed E-state index contributed by atoms with van der Waals surface area (Å²) in [7, 11) is 0. The van der Waals surface area contributed by atoms with Crippen LogP contribution >= 0.6 is 0 Å². The first kappa shape index (κ1) is 32.9. The number of hydrogen-bond acceptors (Lipinski definition) is 6. The Kier molecular flexibility index (Phi) is 12.0. The fourth-order valence-corrected chi connectivity index (χ4v) is 4.79. The lowest BCUT2D eigenvalue weighted by atomic mass is 10.0. The van der Waals surface area contributed by atoms with Gasteiger partial charge >= 0.3 is 5.97 Å². The number of nitrogens with zero attached hydrogens (tertiary/aromatic N) is 2. The molecular weight excluding hydrogens is 550 g/mol. The van der Waals surface area contributed by atoms with Crippen LogP contribution in [0.4, 0.5) is 17.6 Å². The monoisotopic (exact) mass is 581 g/mol. The summed E-state index contributed by atoms with van der Waals surface area (Å²) in [5.74, 6) is -5.38. The Morgan fingerprint density at radius 2 is 1.78 bits per heavy atom. The topological polar surface area (TPSA) is 130 Å². The van der Waals surface area contributed by atoms with Crippen LogP contribution in [0.15, 0.2) is 48.7 Å². The number of halogens is 4. The third-order valence-corrected chi connectivity index (χ3v) is 6.58. The smallest absolute Gasteiger partial charge is 0.331 e. The zero-order chi connectivity index (χ0) is 29.4. The quantitative estimate of drug-likeness (QED) is 0.161. The summed E-state index contributed by atoms with van der Waals surface area (Å²) >= 11 is 0. The van der Waals surface area contributed by atoms with E-state index in [1.807, 2.05) is 0 Å². The van der Waals surface area contributed by atoms with Crippen LogP contribution in [-0.2, 0) is 25.5 Å². The molecule has 13 heteroatoms. The molecule has 2 aromatic rings. The number of carboxylic acid groups (broad SMARTS) is 1. The highest BCUT2D eigenvalue weighted by Crippen LogP contribution is 2.33. The molecule has 0 spiro atoms. The summed E-state index contributed by atoms with van der Waals surface area (Å²) in [5.41, 5.74) is 6.18. The van der Waals surface area contributed by atoms with Crippen LogP contribution in [0.2, 0.25) is 0 Å². The van der Waals surface area contributed by atoms with Gasteiger partial charge in [-0.1, -0.05) is 13.5 Å². The minimum Gasteiger partial charge on any atom is -0.478 e. The molecule has 222 valence electrons. The molecular formula is C28H31F4N3O6. The van der Waals surface area contributed by atoms with Gasteiger partial charge in [-0.3, -0.25) is 14.4 Å². The lowest BCUT2D eigenvalue weighted by Gasteiger charge is -2.26. The third kappa shape index (κ3) is 8.87. The van der Waals surface area contributed by atoms with E-state index in [2.05, 4.69) is 4.74 Å². The van der Waals surface area contributed by atoms with E-state index < -0.39 is 35.3 Å². The molecule has 2 fully saturated rings. The van der Waals surface area contributed by atoms with Crippen LogP contribution < -0.4 is 5.73 Å². The van der Waals surface area contributed by atoms with E-state index in [9.17, 15) is 36.7 Å². The first-order valence-corrected chi connectivity index (χ1v) is 12.2. The normalized spacial score (nSPS) is 18.2. The lowest BCUT2D eigenvalue weighted by Crippen LogP contribution is -2.43. The van der Waals surface area contributed by atoms with Crippen molar-refractivity contribution in [3.8, 4) is 0 Å². The predicted molar refractivity (Wildman–Crippen MR) is 139 cm³/mol. The van der Waals surface area contributed by atoms with Crippen LogP contribution in [0.25, 0.3) is 0 Å². The highest BCUT2D eigenvalue weighted by atomic mass is 19.2. The number of hydrogen-bond donors (Lipinski definition) is 2. The summed E-state index contributed by atoms with van der Waals surface area (Å²) in [6.45, 7) is 1.50. The van der Waals surface area contributed by atoms with Gasteiger partial charge in [-0.2, -0.15) is 0 Å². The molecule has 0 radical (unpaired) electrons. The van der Waals surface area contributed by atoms with Crippen molar-refractivity contribution in [3.05, 3.63) is 83.1 Å². The Morgan fingerprint density at radius 1 is 1.07 bits per heavy atom. The van der Waals surface area contributed by atoms with Crippen molar-refractivity contribution >= 4 is 24.3 Å². The molecule has 2 aromatic carbocycles. The third-order valence-electron chi connectivity index (χ3n) is 6.58.